The molecule has 0 fully saturated rings. The zero-order chi connectivity index (χ0) is 14.4. The average Bonchev–Trinajstić information content (AvgIpc) is 2.45. The number of pyridine rings is 1. The maximum Gasteiger partial charge on any atom is 0.240 e. The Balaban J connectivity index is 1.92. The third-order valence-electron chi connectivity index (χ3n) is 2.21. The van der Waals surface area contributed by atoms with E-state index in [1.807, 2.05) is 0 Å². The normalized spacial score (nSPS) is 9.70. The maximum atomic E-state index is 10.1. The van der Waals surface area contributed by atoms with Crippen LogP contribution >= 0.6 is 23.2 Å². The summed E-state index contributed by atoms with van der Waals surface area (Å²) in [4.78, 5) is 17.5. The topological polar surface area (TPSA) is 60.8 Å². The van der Waals surface area contributed by atoms with Gasteiger partial charge in [0.1, 0.15) is 15.9 Å². The Morgan fingerprint density at radius 1 is 1.10 bits per heavy atom. The molecule has 5 nitrogen and oxygen atoms in total. The first-order chi connectivity index (χ1) is 9.69. The van der Waals surface area contributed by atoms with Gasteiger partial charge in [-0.05, 0) is 36.4 Å². The lowest BCUT2D eigenvalue weighted by atomic mass is 10.3. The van der Waals surface area contributed by atoms with Crippen LogP contribution in [0, 0.1) is 0 Å². The van der Waals surface area contributed by atoms with E-state index in [1.165, 1.54) is 6.08 Å². The van der Waals surface area contributed by atoms with Gasteiger partial charge in [-0.2, -0.15) is 4.99 Å². The van der Waals surface area contributed by atoms with Gasteiger partial charge in [0.25, 0.3) is 0 Å². The molecule has 0 saturated carbocycles. The van der Waals surface area contributed by atoms with Crippen LogP contribution in [0.4, 0.5) is 5.69 Å². The number of carbonyl (C=O) groups excluding carboxylic acids is 1. The van der Waals surface area contributed by atoms with Crippen LogP contribution < -0.4 is 9.47 Å². The minimum absolute atomic E-state index is 0.0800. The summed E-state index contributed by atoms with van der Waals surface area (Å²) >= 11 is 11.6. The highest BCUT2D eigenvalue weighted by Gasteiger charge is 2.04. The lowest BCUT2D eigenvalue weighted by molar-refractivity contribution is 0.115. The second-order valence-electron chi connectivity index (χ2n) is 3.52. The number of ether oxygens (including phenoxy) is 2. The Labute approximate surface area is 124 Å². The molecule has 0 aliphatic heterocycles. The standard InChI is InChI=1S/C13H8Cl2N2O3/c14-11-5-6-12(15)17-13(11)20-8-19-10-3-1-9(2-4-10)16-7-18/h1-6H,8H2. The van der Waals surface area contributed by atoms with Crippen molar-refractivity contribution in [3.8, 4) is 11.6 Å². The highest BCUT2D eigenvalue weighted by atomic mass is 35.5. The molecule has 1 heterocycles. The van der Waals surface area contributed by atoms with Crippen LogP contribution in [0.5, 0.6) is 11.6 Å². The fraction of sp³-hybridized carbons (Fsp3) is 0.0769. The summed E-state index contributed by atoms with van der Waals surface area (Å²) in [6, 6.07) is 9.66. The molecule has 0 bridgehead atoms. The van der Waals surface area contributed by atoms with Gasteiger partial charge < -0.3 is 9.47 Å². The molecule has 1 aromatic heterocycles. The van der Waals surface area contributed by atoms with Gasteiger partial charge in [0.2, 0.25) is 18.8 Å². The Morgan fingerprint density at radius 2 is 1.85 bits per heavy atom. The van der Waals surface area contributed by atoms with E-state index < -0.39 is 0 Å². The van der Waals surface area contributed by atoms with Crippen molar-refractivity contribution < 1.29 is 14.3 Å². The SMILES string of the molecule is O=C=Nc1ccc(OCOc2nc(Cl)ccc2Cl)cc1. The number of aromatic nitrogens is 1. The molecule has 0 radical (unpaired) electrons. The van der Waals surface area contributed by atoms with Gasteiger partial charge in [0.15, 0.2) is 0 Å². The zero-order valence-corrected chi connectivity index (χ0v) is 11.6. The van der Waals surface area contributed by atoms with E-state index in [1.54, 1.807) is 36.4 Å². The number of aliphatic imine (C=N–C) groups is 1. The molecule has 1 aromatic carbocycles. The Morgan fingerprint density at radius 3 is 2.55 bits per heavy atom. The molecule has 0 N–H and O–H groups in total. The second-order valence-corrected chi connectivity index (χ2v) is 4.32. The zero-order valence-electron chi connectivity index (χ0n) is 10.0. The summed E-state index contributed by atoms with van der Waals surface area (Å²) in [7, 11) is 0. The summed E-state index contributed by atoms with van der Waals surface area (Å²) in [5, 5.41) is 0.620. The summed E-state index contributed by atoms with van der Waals surface area (Å²) in [5.41, 5.74) is 0.493. The van der Waals surface area contributed by atoms with Crippen LogP contribution in [0.3, 0.4) is 0 Å². The number of isocyanates is 1. The number of hydrogen-bond donors (Lipinski definition) is 0. The lowest BCUT2D eigenvalue weighted by Gasteiger charge is -2.09. The van der Waals surface area contributed by atoms with Crippen LogP contribution in [-0.4, -0.2) is 17.9 Å². The predicted octanol–water partition coefficient (Wildman–Crippen LogP) is 3.77. The monoisotopic (exact) mass is 310 g/mol. The highest BCUT2D eigenvalue weighted by molar-refractivity contribution is 6.33. The van der Waals surface area contributed by atoms with Crippen LogP contribution in [0.15, 0.2) is 41.4 Å². The molecule has 102 valence electrons. The largest absolute Gasteiger partial charge is 0.457 e. The van der Waals surface area contributed by atoms with Gasteiger partial charge in [0.05, 0.1) is 5.69 Å². The van der Waals surface area contributed by atoms with Gasteiger partial charge in [-0.15, -0.1) is 0 Å². The van der Waals surface area contributed by atoms with Crippen molar-refractivity contribution in [3.63, 3.8) is 0 Å². The van der Waals surface area contributed by atoms with Crippen LogP contribution in [0.25, 0.3) is 0 Å². The first kappa shape index (κ1) is 14.3. The highest BCUT2D eigenvalue weighted by Crippen LogP contribution is 2.24. The first-order valence-electron chi connectivity index (χ1n) is 5.44. The van der Waals surface area contributed by atoms with E-state index in [2.05, 4.69) is 9.98 Å². The molecular weight excluding hydrogens is 303 g/mol. The van der Waals surface area contributed by atoms with E-state index in [0.29, 0.717) is 16.5 Å². The first-order valence-corrected chi connectivity index (χ1v) is 6.20. The van der Waals surface area contributed by atoms with Crippen molar-refractivity contribution in [1.82, 2.24) is 4.98 Å². The second kappa shape index (κ2) is 6.91. The van der Waals surface area contributed by atoms with Gasteiger partial charge in [-0.3, -0.25) is 0 Å². The molecule has 2 rings (SSSR count). The van der Waals surface area contributed by atoms with Crippen molar-refractivity contribution in [3.05, 3.63) is 46.6 Å². The van der Waals surface area contributed by atoms with E-state index in [9.17, 15) is 4.79 Å². The molecular formula is C13H8Cl2N2O3. The fourth-order valence-corrected chi connectivity index (χ4v) is 1.62. The Bertz CT molecular complexity index is 641. The average molecular weight is 311 g/mol. The van der Waals surface area contributed by atoms with Crippen molar-refractivity contribution in [2.24, 2.45) is 4.99 Å². The van der Waals surface area contributed by atoms with Crippen LogP contribution in [0.2, 0.25) is 10.2 Å². The molecule has 7 heteroatoms. The number of rotatable bonds is 5. The molecule has 0 spiro atoms. The maximum absolute atomic E-state index is 10.1. The molecule has 0 unspecified atom stereocenters. The van der Waals surface area contributed by atoms with E-state index in [4.69, 9.17) is 32.7 Å². The number of hydrogen-bond acceptors (Lipinski definition) is 5. The fourth-order valence-electron chi connectivity index (χ4n) is 1.33. The van der Waals surface area contributed by atoms with Gasteiger partial charge in [-0.1, -0.05) is 23.2 Å². The predicted molar refractivity (Wildman–Crippen MR) is 74.6 cm³/mol. The summed E-state index contributed by atoms with van der Waals surface area (Å²) in [6.45, 7) is -0.0800. The molecule has 0 aliphatic carbocycles. The molecule has 2 aromatic rings. The van der Waals surface area contributed by atoms with Crippen molar-refractivity contribution in [2.75, 3.05) is 6.79 Å². The third kappa shape index (κ3) is 3.96. The number of benzene rings is 1. The van der Waals surface area contributed by atoms with Gasteiger partial charge in [0, 0.05) is 0 Å². The number of nitrogens with zero attached hydrogens (tertiary/aromatic N) is 2. The Kier molecular flexibility index (Phi) is 4.96. The van der Waals surface area contributed by atoms with Crippen LogP contribution in [-0.2, 0) is 4.79 Å². The molecule has 0 saturated heterocycles. The van der Waals surface area contributed by atoms with Crippen molar-refractivity contribution in [1.29, 1.82) is 0 Å². The summed E-state index contributed by atoms with van der Waals surface area (Å²) < 4.78 is 10.6. The third-order valence-corrected chi connectivity index (χ3v) is 2.71. The summed E-state index contributed by atoms with van der Waals surface area (Å²) in [6.07, 6.45) is 1.45. The summed E-state index contributed by atoms with van der Waals surface area (Å²) in [5.74, 6) is 0.745. The smallest absolute Gasteiger partial charge is 0.240 e. The van der Waals surface area contributed by atoms with Crippen molar-refractivity contribution in [2.45, 2.75) is 0 Å². The van der Waals surface area contributed by atoms with Crippen molar-refractivity contribution >= 4 is 35.0 Å². The minimum Gasteiger partial charge on any atom is -0.457 e. The van der Waals surface area contributed by atoms with E-state index in [-0.39, 0.29) is 17.8 Å². The number of halogens is 2. The van der Waals surface area contributed by atoms with Gasteiger partial charge in [-0.25, -0.2) is 9.78 Å². The molecule has 20 heavy (non-hydrogen) atoms. The molecule has 0 aliphatic rings. The minimum atomic E-state index is -0.0800. The van der Waals surface area contributed by atoms with Gasteiger partial charge >= 0.3 is 0 Å². The molecule has 0 atom stereocenters. The Hall–Kier alpha value is -2.07. The lowest BCUT2D eigenvalue weighted by Crippen LogP contribution is -2.07. The van der Waals surface area contributed by atoms with E-state index in [0.717, 1.165) is 0 Å². The van der Waals surface area contributed by atoms with E-state index >= 15 is 0 Å². The van der Waals surface area contributed by atoms with Crippen LogP contribution in [0.1, 0.15) is 0 Å². The quantitative estimate of drug-likeness (QED) is 0.365. The molecule has 0 amide bonds.